The van der Waals surface area contributed by atoms with Crippen LogP contribution in [-0.4, -0.2) is 23.4 Å². The Labute approximate surface area is 93.5 Å². The van der Waals surface area contributed by atoms with Crippen molar-refractivity contribution in [1.82, 2.24) is 4.98 Å². The Balaban J connectivity index is 1.96. The molecule has 1 aliphatic rings. The van der Waals surface area contributed by atoms with Crippen molar-refractivity contribution in [3.63, 3.8) is 0 Å². The molecule has 1 fully saturated rings. The Morgan fingerprint density at radius 2 is 1.93 bits per heavy atom. The number of halogens is 1. The molecule has 0 unspecified atom stereocenters. The van der Waals surface area contributed by atoms with E-state index in [-0.39, 0.29) is 0 Å². The molecule has 0 amide bonds. The van der Waals surface area contributed by atoms with Crippen LogP contribution >= 0.6 is 15.9 Å². The van der Waals surface area contributed by atoms with E-state index in [0.717, 1.165) is 11.2 Å². The summed E-state index contributed by atoms with van der Waals surface area (Å²) in [5.74, 6) is 0.869. The Hall–Kier alpha value is -0.570. The molecule has 14 heavy (non-hydrogen) atoms. The minimum atomic E-state index is 0.869. The number of pyridine rings is 1. The highest BCUT2D eigenvalue weighted by Gasteiger charge is 2.17. The highest BCUT2D eigenvalue weighted by Crippen LogP contribution is 2.23. The van der Waals surface area contributed by atoms with Crippen molar-refractivity contribution in [1.29, 1.82) is 0 Å². The van der Waals surface area contributed by atoms with Crippen LogP contribution in [0, 0.1) is 5.92 Å². The van der Waals surface area contributed by atoms with Crippen molar-refractivity contribution in [2.24, 2.45) is 5.92 Å². The molecule has 3 heteroatoms. The van der Waals surface area contributed by atoms with Gasteiger partial charge in [-0.3, -0.25) is 4.98 Å². The van der Waals surface area contributed by atoms with Crippen molar-refractivity contribution in [3.05, 3.63) is 24.5 Å². The molecule has 1 saturated heterocycles. The Morgan fingerprint density at radius 1 is 1.29 bits per heavy atom. The van der Waals surface area contributed by atoms with E-state index >= 15 is 0 Å². The molecule has 0 bridgehead atoms. The zero-order chi connectivity index (χ0) is 9.80. The summed E-state index contributed by atoms with van der Waals surface area (Å²) in [5, 5.41) is 1.15. The van der Waals surface area contributed by atoms with E-state index in [9.17, 15) is 0 Å². The van der Waals surface area contributed by atoms with Gasteiger partial charge >= 0.3 is 0 Å². The lowest BCUT2D eigenvalue weighted by Crippen LogP contribution is -2.34. The summed E-state index contributed by atoms with van der Waals surface area (Å²) in [7, 11) is 0. The largest absolute Gasteiger partial charge is 0.371 e. The molecule has 2 heterocycles. The third-order valence-corrected chi connectivity index (χ3v) is 3.78. The van der Waals surface area contributed by atoms with E-state index in [1.165, 1.54) is 31.6 Å². The highest BCUT2D eigenvalue weighted by molar-refractivity contribution is 9.09. The van der Waals surface area contributed by atoms with Crippen LogP contribution < -0.4 is 4.90 Å². The zero-order valence-corrected chi connectivity index (χ0v) is 9.78. The van der Waals surface area contributed by atoms with Crippen molar-refractivity contribution in [3.8, 4) is 0 Å². The van der Waals surface area contributed by atoms with Crippen LogP contribution in [0.2, 0.25) is 0 Å². The van der Waals surface area contributed by atoms with Crippen LogP contribution in [0.15, 0.2) is 24.5 Å². The molecule has 1 aromatic rings. The molecule has 1 aliphatic heterocycles. The number of piperidine rings is 1. The third-order valence-electron chi connectivity index (χ3n) is 2.86. The van der Waals surface area contributed by atoms with E-state index in [2.05, 4.69) is 37.9 Å². The molecule has 1 aromatic heterocycles. The van der Waals surface area contributed by atoms with Crippen molar-refractivity contribution in [2.45, 2.75) is 12.8 Å². The molecule has 0 aromatic carbocycles. The molecular formula is C11H15BrN2. The van der Waals surface area contributed by atoms with E-state index in [1.54, 1.807) is 0 Å². The number of aromatic nitrogens is 1. The van der Waals surface area contributed by atoms with Gasteiger partial charge in [0, 0.05) is 36.5 Å². The lowest BCUT2D eigenvalue weighted by atomic mass is 9.99. The van der Waals surface area contributed by atoms with E-state index < -0.39 is 0 Å². The lowest BCUT2D eigenvalue weighted by Gasteiger charge is -2.32. The minimum Gasteiger partial charge on any atom is -0.371 e. The summed E-state index contributed by atoms with van der Waals surface area (Å²) in [5.41, 5.74) is 1.31. The molecule has 0 aliphatic carbocycles. The fourth-order valence-electron chi connectivity index (χ4n) is 1.90. The zero-order valence-electron chi connectivity index (χ0n) is 8.19. The van der Waals surface area contributed by atoms with E-state index in [0.29, 0.717) is 0 Å². The average molecular weight is 255 g/mol. The fourth-order valence-corrected chi connectivity index (χ4v) is 2.55. The first-order chi connectivity index (χ1) is 6.90. The Kier molecular flexibility index (Phi) is 3.40. The average Bonchev–Trinajstić information content (AvgIpc) is 2.30. The van der Waals surface area contributed by atoms with Gasteiger partial charge in [-0.2, -0.15) is 0 Å². The molecule has 2 nitrogen and oxygen atoms in total. The van der Waals surface area contributed by atoms with Crippen molar-refractivity contribution >= 4 is 21.6 Å². The van der Waals surface area contributed by atoms with Gasteiger partial charge in [-0.1, -0.05) is 15.9 Å². The second-order valence-electron chi connectivity index (χ2n) is 3.79. The van der Waals surface area contributed by atoms with Crippen LogP contribution in [0.25, 0.3) is 0 Å². The number of rotatable bonds is 2. The predicted molar refractivity (Wildman–Crippen MR) is 63.0 cm³/mol. The topological polar surface area (TPSA) is 16.1 Å². The first kappa shape index (κ1) is 9.97. The number of alkyl halides is 1. The molecule has 0 atom stereocenters. The van der Waals surface area contributed by atoms with Gasteiger partial charge in [-0.25, -0.2) is 0 Å². The number of anilines is 1. The monoisotopic (exact) mass is 254 g/mol. The van der Waals surface area contributed by atoms with Gasteiger partial charge in [-0.15, -0.1) is 0 Å². The fraction of sp³-hybridized carbons (Fsp3) is 0.545. The summed E-state index contributed by atoms with van der Waals surface area (Å²) in [6, 6.07) is 4.18. The van der Waals surface area contributed by atoms with E-state index in [4.69, 9.17) is 0 Å². The van der Waals surface area contributed by atoms with Crippen molar-refractivity contribution in [2.75, 3.05) is 23.3 Å². The Bertz CT molecular complexity index is 268. The second-order valence-corrected chi connectivity index (χ2v) is 4.44. The summed E-state index contributed by atoms with van der Waals surface area (Å²) in [4.78, 5) is 6.48. The molecule has 2 rings (SSSR count). The van der Waals surface area contributed by atoms with Crippen LogP contribution in [0.4, 0.5) is 5.69 Å². The maximum Gasteiger partial charge on any atom is 0.0397 e. The molecule has 0 N–H and O–H groups in total. The quantitative estimate of drug-likeness (QED) is 0.755. The lowest BCUT2D eigenvalue weighted by molar-refractivity contribution is 0.447. The Morgan fingerprint density at radius 3 is 2.50 bits per heavy atom. The maximum atomic E-state index is 4.04. The number of hydrogen-bond acceptors (Lipinski definition) is 2. The first-order valence-electron chi connectivity index (χ1n) is 5.11. The van der Waals surface area contributed by atoms with Crippen LogP contribution in [0.5, 0.6) is 0 Å². The van der Waals surface area contributed by atoms with Gasteiger partial charge in [0.25, 0.3) is 0 Å². The second kappa shape index (κ2) is 4.78. The molecule has 0 radical (unpaired) electrons. The van der Waals surface area contributed by atoms with Gasteiger partial charge in [-0.05, 0) is 30.9 Å². The van der Waals surface area contributed by atoms with E-state index in [1.807, 2.05) is 12.4 Å². The van der Waals surface area contributed by atoms with Crippen LogP contribution in [-0.2, 0) is 0 Å². The number of hydrogen-bond donors (Lipinski definition) is 0. The SMILES string of the molecule is BrCC1CCN(c2ccncc2)CC1. The summed E-state index contributed by atoms with van der Waals surface area (Å²) in [6.45, 7) is 2.36. The minimum absolute atomic E-state index is 0.869. The van der Waals surface area contributed by atoms with Crippen molar-refractivity contribution < 1.29 is 0 Å². The maximum absolute atomic E-state index is 4.04. The smallest absolute Gasteiger partial charge is 0.0397 e. The molecule has 0 spiro atoms. The summed E-state index contributed by atoms with van der Waals surface area (Å²) < 4.78 is 0. The van der Waals surface area contributed by atoms with Crippen LogP contribution in [0.3, 0.4) is 0 Å². The highest BCUT2D eigenvalue weighted by atomic mass is 79.9. The van der Waals surface area contributed by atoms with Gasteiger partial charge < -0.3 is 4.90 Å². The van der Waals surface area contributed by atoms with Gasteiger partial charge in [0.15, 0.2) is 0 Å². The van der Waals surface area contributed by atoms with Gasteiger partial charge in [0.05, 0.1) is 0 Å². The first-order valence-corrected chi connectivity index (χ1v) is 6.23. The van der Waals surface area contributed by atoms with Gasteiger partial charge in [0.1, 0.15) is 0 Å². The number of nitrogens with zero attached hydrogens (tertiary/aromatic N) is 2. The standard InChI is InChI=1S/C11H15BrN2/c12-9-10-3-7-14(8-4-10)11-1-5-13-6-2-11/h1-2,5-6,10H,3-4,7-9H2. The predicted octanol–water partition coefficient (Wildman–Crippen LogP) is 2.69. The molecule has 0 saturated carbocycles. The van der Waals surface area contributed by atoms with Gasteiger partial charge in [0.2, 0.25) is 0 Å². The third kappa shape index (κ3) is 2.27. The molecular weight excluding hydrogens is 240 g/mol. The molecule has 76 valence electrons. The summed E-state index contributed by atoms with van der Waals surface area (Å²) >= 11 is 3.56. The summed E-state index contributed by atoms with van der Waals surface area (Å²) in [6.07, 6.45) is 6.33. The van der Waals surface area contributed by atoms with Crippen LogP contribution in [0.1, 0.15) is 12.8 Å². The normalized spacial score (nSPS) is 18.5.